The van der Waals surface area contributed by atoms with E-state index in [0.29, 0.717) is 47.5 Å². The van der Waals surface area contributed by atoms with Gasteiger partial charge in [0.1, 0.15) is 24.4 Å². The maximum atomic E-state index is 13.2. The first kappa shape index (κ1) is 29.4. The van der Waals surface area contributed by atoms with Crippen LogP contribution in [0, 0.1) is 11.8 Å². The minimum Gasteiger partial charge on any atom is -0.502 e. The van der Waals surface area contributed by atoms with Crippen LogP contribution in [0.2, 0.25) is 0 Å². The highest BCUT2D eigenvalue weighted by Crippen LogP contribution is 2.56. The van der Waals surface area contributed by atoms with Crippen molar-refractivity contribution in [1.29, 1.82) is 0 Å². The molecular weight excluding hydrogens is 580 g/mol. The van der Waals surface area contributed by atoms with Gasteiger partial charge in [0.2, 0.25) is 12.5 Å². The Morgan fingerprint density at radius 2 is 1.66 bits per heavy atom. The Morgan fingerprint density at radius 3 is 2.25 bits per heavy atom. The monoisotopic (exact) mass is 616 g/mol. The number of hydrogen-bond acceptors (Lipinski definition) is 12. The molecule has 2 saturated heterocycles. The van der Waals surface area contributed by atoms with E-state index in [-0.39, 0.29) is 30.6 Å². The van der Waals surface area contributed by atoms with Gasteiger partial charge in [-0.25, -0.2) is 0 Å². The van der Waals surface area contributed by atoms with E-state index in [0.717, 1.165) is 0 Å². The number of phenolic OH excluding ortho intramolecular Hbond substituents is 1. The van der Waals surface area contributed by atoms with Gasteiger partial charge in [-0.2, -0.15) is 0 Å². The smallest absolute Gasteiger partial charge is 0.307 e. The standard InChI is InChI=1S/C31H36O13/c1-4-14-23(29(35)36)22(13-7-19(37-2)24(32)20(8-13)38-3)15-9-17-18(40-12-39-17)10-16(15)27(14)43-30-26(34)25(33)28-21(42-30)11-41-31(44-28)5-6-31/h7-10,14,21-23,25-28,30,32-34H,4-6,11-12H2,1-3H3,(H,35,36)/t14-,21+,22+,23-,25+,26+,27-,28+,30-/m0/s1. The number of fused-ring (bicyclic) bond motifs is 3. The van der Waals surface area contributed by atoms with Crippen molar-refractivity contribution < 1.29 is 63.1 Å². The molecule has 2 aromatic rings. The maximum Gasteiger partial charge on any atom is 0.307 e. The lowest BCUT2D eigenvalue weighted by atomic mass is 9.64. The fraction of sp³-hybridized carbons (Fsp3) is 0.581. The van der Waals surface area contributed by atoms with E-state index >= 15 is 0 Å². The molecule has 0 unspecified atom stereocenters. The predicted molar refractivity (Wildman–Crippen MR) is 148 cm³/mol. The molecule has 1 saturated carbocycles. The number of carboxylic acid groups (broad SMARTS) is 1. The molecule has 3 heterocycles. The van der Waals surface area contributed by atoms with E-state index in [9.17, 15) is 25.2 Å². The van der Waals surface area contributed by atoms with Crippen molar-refractivity contribution in [1.82, 2.24) is 0 Å². The summed E-state index contributed by atoms with van der Waals surface area (Å²) in [6.45, 7) is 2.02. The lowest BCUT2D eigenvalue weighted by Gasteiger charge is -2.49. The van der Waals surface area contributed by atoms with Crippen LogP contribution in [0.1, 0.15) is 54.9 Å². The van der Waals surface area contributed by atoms with Gasteiger partial charge in [0, 0.05) is 24.7 Å². The molecule has 2 aliphatic carbocycles. The third-order valence-corrected chi connectivity index (χ3v) is 9.49. The maximum absolute atomic E-state index is 13.2. The van der Waals surface area contributed by atoms with Crippen LogP contribution in [0.3, 0.4) is 0 Å². The number of phenols is 1. The lowest BCUT2D eigenvalue weighted by molar-refractivity contribution is -0.374. The molecule has 1 spiro atoms. The topological polar surface area (TPSA) is 172 Å². The van der Waals surface area contributed by atoms with Gasteiger partial charge in [-0.05, 0) is 47.4 Å². The van der Waals surface area contributed by atoms with Gasteiger partial charge in [-0.1, -0.05) is 6.92 Å². The second-order valence-electron chi connectivity index (χ2n) is 11.9. The number of aliphatic hydroxyl groups excluding tert-OH is 2. The van der Waals surface area contributed by atoms with Gasteiger partial charge in [-0.3, -0.25) is 4.79 Å². The molecule has 44 heavy (non-hydrogen) atoms. The molecule has 4 N–H and O–H groups in total. The third kappa shape index (κ3) is 4.65. The Bertz CT molecular complexity index is 1410. The first-order valence-electron chi connectivity index (χ1n) is 14.8. The van der Waals surface area contributed by atoms with Gasteiger partial charge in [0.25, 0.3) is 0 Å². The van der Waals surface area contributed by atoms with Crippen LogP contribution in [0.5, 0.6) is 28.7 Å². The molecule has 238 valence electrons. The van der Waals surface area contributed by atoms with Crippen molar-refractivity contribution in [3.05, 3.63) is 41.0 Å². The van der Waals surface area contributed by atoms with Crippen molar-refractivity contribution >= 4 is 5.97 Å². The molecular formula is C31H36O13. The number of hydrogen-bond donors (Lipinski definition) is 4. The van der Waals surface area contributed by atoms with Crippen molar-refractivity contribution in [3.63, 3.8) is 0 Å². The summed E-state index contributed by atoms with van der Waals surface area (Å²) in [6, 6.07) is 6.71. The molecule has 0 radical (unpaired) electrons. The molecule has 7 rings (SSSR count). The lowest BCUT2D eigenvalue weighted by Crippen LogP contribution is -2.64. The number of rotatable bonds is 7. The number of aromatic hydroxyl groups is 1. The van der Waals surface area contributed by atoms with Gasteiger partial charge in [-0.15, -0.1) is 0 Å². The first-order valence-corrected chi connectivity index (χ1v) is 14.8. The van der Waals surface area contributed by atoms with Gasteiger partial charge in [0.05, 0.1) is 32.8 Å². The largest absolute Gasteiger partial charge is 0.502 e. The van der Waals surface area contributed by atoms with Gasteiger partial charge >= 0.3 is 5.97 Å². The number of aliphatic carboxylic acids is 1. The zero-order valence-electron chi connectivity index (χ0n) is 24.5. The van der Waals surface area contributed by atoms with E-state index in [4.69, 9.17) is 37.9 Å². The minimum atomic E-state index is -1.47. The van der Waals surface area contributed by atoms with Gasteiger partial charge in [0.15, 0.2) is 35.1 Å². The van der Waals surface area contributed by atoms with Crippen LogP contribution >= 0.6 is 0 Å². The predicted octanol–water partition coefficient (Wildman–Crippen LogP) is 2.42. The minimum absolute atomic E-state index is 0.00393. The van der Waals surface area contributed by atoms with Crippen molar-refractivity contribution in [2.24, 2.45) is 11.8 Å². The number of benzene rings is 2. The number of carbonyl (C=O) groups is 1. The average Bonchev–Trinajstić information content (AvgIpc) is 3.61. The zero-order chi connectivity index (χ0) is 30.9. The molecule has 3 fully saturated rings. The summed E-state index contributed by atoms with van der Waals surface area (Å²) in [5.74, 6) is -3.23. The fourth-order valence-corrected chi connectivity index (χ4v) is 7.12. The van der Waals surface area contributed by atoms with E-state index in [2.05, 4.69) is 0 Å². The molecule has 0 bridgehead atoms. The Balaban J connectivity index is 1.31. The van der Waals surface area contributed by atoms with Crippen molar-refractivity contribution in [2.75, 3.05) is 27.6 Å². The quantitative estimate of drug-likeness (QED) is 0.358. The summed E-state index contributed by atoms with van der Waals surface area (Å²) in [5, 5.41) is 43.6. The van der Waals surface area contributed by atoms with Gasteiger partial charge < -0.3 is 58.3 Å². The SMILES string of the molecule is CC[C@H]1[C@H](C(=O)O)[C@H](c2cc(OC)c(O)c(OC)c2)c2cc3c(cc2[C@H]1O[C@@H]1O[C@@H]2COC4(CC4)O[C@H]2[C@H](O)[C@H]1O)OCO3. The number of aliphatic hydroxyl groups is 2. The number of carboxylic acids is 1. The van der Waals surface area contributed by atoms with Crippen LogP contribution < -0.4 is 18.9 Å². The molecule has 13 heteroatoms. The van der Waals surface area contributed by atoms with Crippen LogP contribution in [-0.4, -0.2) is 90.5 Å². The second kappa shape index (κ2) is 10.9. The molecule has 3 aliphatic heterocycles. The average molecular weight is 617 g/mol. The molecule has 13 nitrogen and oxygen atoms in total. The molecule has 2 aromatic carbocycles. The first-order chi connectivity index (χ1) is 21.2. The second-order valence-corrected chi connectivity index (χ2v) is 11.9. The van der Waals surface area contributed by atoms with Crippen LogP contribution in [0.25, 0.3) is 0 Å². The zero-order valence-corrected chi connectivity index (χ0v) is 24.5. The summed E-state index contributed by atoms with van der Waals surface area (Å²) < 4.78 is 46.6. The molecule has 0 amide bonds. The number of ether oxygens (including phenoxy) is 8. The molecule has 0 aromatic heterocycles. The highest BCUT2D eigenvalue weighted by Gasteiger charge is 2.59. The van der Waals surface area contributed by atoms with E-state index in [1.54, 1.807) is 24.3 Å². The highest BCUT2D eigenvalue weighted by atomic mass is 16.8. The Hall–Kier alpha value is -3.33. The van der Waals surface area contributed by atoms with Crippen molar-refractivity contribution in [2.45, 2.75) is 74.7 Å². The summed E-state index contributed by atoms with van der Waals surface area (Å²) in [4.78, 5) is 13.2. The van der Waals surface area contributed by atoms with E-state index in [1.165, 1.54) is 14.2 Å². The number of methoxy groups -OCH3 is 2. The Labute approximate surface area is 253 Å². The summed E-state index contributed by atoms with van der Waals surface area (Å²) in [6.07, 6.45) is -4.63. The fourth-order valence-electron chi connectivity index (χ4n) is 7.12. The Kier molecular flexibility index (Phi) is 7.30. The normalized spacial score (nSPS) is 34.6. The van der Waals surface area contributed by atoms with Crippen LogP contribution in [-0.2, 0) is 23.7 Å². The summed E-state index contributed by atoms with van der Waals surface area (Å²) in [5.41, 5.74) is 1.75. The van der Waals surface area contributed by atoms with Crippen molar-refractivity contribution in [3.8, 4) is 28.7 Å². The summed E-state index contributed by atoms with van der Waals surface area (Å²) >= 11 is 0. The van der Waals surface area contributed by atoms with Crippen LogP contribution in [0.15, 0.2) is 24.3 Å². The third-order valence-electron chi connectivity index (χ3n) is 9.49. The summed E-state index contributed by atoms with van der Waals surface area (Å²) in [7, 11) is 2.81. The molecule has 5 aliphatic rings. The molecule has 9 atom stereocenters. The Morgan fingerprint density at radius 1 is 1.00 bits per heavy atom. The van der Waals surface area contributed by atoms with Crippen LogP contribution in [0.4, 0.5) is 0 Å². The van der Waals surface area contributed by atoms with E-state index in [1.807, 2.05) is 6.92 Å². The van der Waals surface area contributed by atoms with E-state index < -0.39 is 66.3 Å². The highest BCUT2D eigenvalue weighted by molar-refractivity contribution is 5.75.